The van der Waals surface area contributed by atoms with E-state index in [1.807, 2.05) is 0 Å². The Kier molecular flexibility index (Phi) is 5.05. The fourth-order valence-corrected chi connectivity index (χ4v) is 4.02. The van der Waals surface area contributed by atoms with Crippen LogP contribution < -0.4 is 10.5 Å². The minimum atomic E-state index is -2.15. The number of carbonyl (C=O) groups excluding carboxylic acids is 2. The van der Waals surface area contributed by atoms with Gasteiger partial charge in [0, 0.05) is 37.0 Å². The molecule has 2 aromatic carbocycles. The molecule has 2 amide bonds. The Labute approximate surface area is 176 Å². The van der Waals surface area contributed by atoms with Crippen LogP contribution in [0.3, 0.4) is 0 Å². The molecule has 10 heteroatoms. The number of fused-ring (bicyclic) bond motifs is 1. The molecule has 2 atom stereocenters. The molecule has 1 aromatic heterocycles. The second kappa shape index (κ2) is 7.58. The predicted octanol–water partition coefficient (Wildman–Crippen LogP) is 0.997. The summed E-state index contributed by atoms with van der Waals surface area (Å²) in [4.78, 5) is 30.0. The number of aromatic amines is 1. The molecule has 0 bridgehead atoms. The van der Waals surface area contributed by atoms with Crippen molar-refractivity contribution in [1.82, 2.24) is 15.2 Å². The third-order valence-electron chi connectivity index (χ3n) is 5.53. The van der Waals surface area contributed by atoms with E-state index in [2.05, 4.69) is 10.3 Å². The first kappa shape index (κ1) is 20.7. The Morgan fingerprint density at radius 3 is 2.68 bits per heavy atom. The molecule has 4 rings (SSSR count). The van der Waals surface area contributed by atoms with Crippen molar-refractivity contribution in [3.63, 3.8) is 0 Å². The fourth-order valence-electron chi connectivity index (χ4n) is 4.02. The van der Waals surface area contributed by atoms with Crippen LogP contribution in [0.2, 0.25) is 0 Å². The lowest BCUT2D eigenvalue weighted by Gasteiger charge is -2.41. The van der Waals surface area contributed by atoms with Gasteiger partial charge in [0.25, 0.3) is 5.91 Å². The highest BCUT2D eigenvalue weighted by Gasteiger charge is 2.48. The number of phenolic OH excluding ortho intramolecular Hbond substituents is 1. The molecule has 0 spiro atoms. The summed E-state index contributed by atoms with van der Waals surface area (Å²) in [6, 6.07) is 9.88. The molecule has 162 valence electrons. The lowest BCUT2D eigenvalue weighted by atomic mass is 9.94. The first-order valence-corrected chi connectivity index (χ1v) is 9.54. The highest BCUT2D eigenvalue weighted by molar-refractivity contribution is 6.00. The number of hydrogen-bond donors (Lipinski definition) is 5. The van der Waals surface area contributed by atoms with E-state index in [4.69, 9.17) is 0 Å². The van der Waals surface area contributed by atoms with Gasteiger partial charge in [-0.3, -0.25) is 14.8 Å². The van der Waals surface area contributed by atoms with Gasteiger partial charge in [-0.05, 0) is 35.4 Å². The number of benzene rings is 2. The number of anilines is 1. The highest BCUT2D eigenvalue weighted by atomic mass is 16.8. The summed E-state index contributed by atoms with van der Waals surface area (Å²) >= 11 is 0. The van der Waals surface area contributed by atoms with Crippen molar-refractivity contribution in [2.24, 2.45) is 0 Å². The van der Waals surface area contributed by atoms with Gasteiger partial charge >= 0.3 is 0 Å². The van der Waals surface area contributed by atoms with Crippen LogP contribution in [-0.4, -0.2) is 55.9 Å². The van der Waals surface area contributed by atoms with Crippen molar-refractivity contribution in [3.8, 4) is 5.75 Å². The molecule has 10 nitrogen and oxygen atoms in total. The maximum atomic E-state index is 13.0. The summed E-state index contributed by atoms with van der Waals surface area (Å²) in [6.45, 7) is 0. The molecule has 5 N–H and O–H groups in total. The first-order chi connectivity index (χ1) is 14.7. The summed E-state index contributed by atoms with van der Waals surface area (Å²) in [7, 11) is 1.42. The molecule has 31 heavy (non-hydrogen) atoms. The zero-order valence-corrected chi connectivity index (χ0v) is 16.6. The van der Waals surface area contributed by atoms with Crippen molar-refractivity contribution >= 4 is 28.4 Å². The second-order valence-corrected chi connectivity index (χ2v) is 7.62. The smallest absolute Gasteiger partial charge is 0.276 e. The number of H-pyrrole nitrogens is 1. The quantitative estimate of drug-likeness (QED) is 0.382. The number of amides is 2. The van der Waals surface area contributed by atoms with E-state index in [-0.39, 0.29) is 29.5 Å². The average Bonchev–Trinajstić information content (AvgIpc) is 3.12. The van der Waals surface area contributed by atoms with Gasteiger partial charge in [0.05, 0.1) is 5.69 Å². The number of likely N-dealkylation sites (N-methyl/N-ethyl adjacent to an activating group) is 1. The van der Waals surface area contributed by atoms with Crippen molar-refractivity contribution in [2.45, 2.75) is 24.6 Å². The number of nitrogens with zero attached hydrogens (tertiary/aromatic N) is 2. The Bertz CT molecular complexity index is 1160. The summed E-state index contributed by atoms with van der Waals surface area (Å²) < 4.78 is 0. The van der Waals surface area contributed by atoms with E-state index < -0.39 is 23.6 Å². The average molecular weight is 425 g/mol. The molecule has 1 fully saturated rings. The number of aliphatic hydroxyl groups is 1. The number of aromatic nitrogens is 1. The molecule has 0 unspecified atom stereocenters. The van der Waals surface area contributed by atoms with Crippen LogP contribution in [-0.2, 0) is 22.4 Å². The summed E-state index contributed by atoms with van der Waals surface area (Å²) in [6.07, 6.45) is 1.45. The van der Waals surface area contributed by atoms with Crippen molar-refractivity contribution in [1.29, 1.82) is 0 Å². The number of aromatic hydroxyl groups is 1. The van der Waals surface area contributed by atoms with E-state index in [0.29, 0.717) is 22.0 Å². The molecule has 0 saturated carbocycles. The van der Waals surface area contributed by atoms with Crippen LogP contribution in [0, 0.1) is 5.21 Å². The fraction of sp³-hybridized carbons (Fsp3) is 0.238. The van der Waals surface area contributed by atoms with E-state index in [9.17, 15) is 30.2 Å². The van der Waals surface area contributed by atoms with E-state index >= 15 is 0 Å². The van der Waals surface area contributed by atoms with Gasteiger partial charge in [0.1, 0.15) is 11.8 Å². The molecule has 0 radical (unpaired) electrons. The largest absolute Gasteiger partial charge is 0.733 e. The molecular formula is C21H21N4O6-. The molecule has 1 saturated heterocycles. The maximum Gasteiger partial charge on any atom is 0.276 e. The van der Waals surface area contributed by atoms with Gasteiger partial charge in [-0.1, -0.05) is 18.2 Å². The number of carbonyl (C=O) groups is 2. The lowest BCUT2D eigenvalue weighted by Crippen LogP contribution is -2.70. The minimum absolute atomic E-state index is 0.0133. The molecule has 1 aliphatic heterocycles. The van der Waals surface area contributed by atoms with Gasteiger partial charge in [-0.25, -0.2) is 0 Å². The molecule has 3 aromatic rings. The van der Waals surface area contributed by atoms with E-state index in [1.54, 1.807) is 30.5 Å². The minimum Gasteiger partial charge on any atom is -0.733 e. The van der Waals surface area contributed by atoms with Gasteiger partial charge in [-0.15, -0.1) is 0 Å². The number of rotatable bonds is 5. The standard InChI is InChI=1S/C21H21N4O6/c1-24-17(9-13-11-22-15-6-3-7-16(18(13)15)25(30)31)19(27)23-21(29,20(24)28)10-12-4-2-5-14(26)8-12/h2-8,11,17,22,26,29-30H,9-10H2,1H3,(H,23,27)/q-1/t17-,21+/m0/s1. The monoisotopic (exact) mass is 425 g/mol. The Hall–Kier alpha value is -3.60. The number of hydrogen-bond acceptors (Lipinski definition) is 7. The van der Waals surface area contributed by atoms with E-state index in [0.717, 1.165) is 4.90 Å². The van der Waals surface area contributed by atoms with E-state index in [1.165, 1.54) is 25.2 Å². The lowest BCUT2D eigenvalue weighted by molar-refractivity contribution is -0.170. The number of phenols is 1. The third-order valence-corrected chi connectivity index (χ3v) is 5.53. The second-order valence-electron chi connectivity index (χ2n) is 7.62. The normalized spacial score (nSPS) is 21.4. The molecule has 2 heterocycles. The maximum absolute atomic E-state index is 13.0. The van der Waals surface area contributed by atoms with Crippen LogP contribution >= 0.6 is 0 Å². The highest BCUT2D eigenvalue weighted by Crippen LogP contribution is 2.31. The Morgan fingerprint density at radius 1 is 1.23 bits per heavy atom. The van der Waals surface area contributed by atoms with Crippen LogP contribution in [0.1, 0.15) is 11.1 Å². The topological polar surface area (TPSA) is 152 Å². The zero-order chi connectivity index (χ0) is 22.3. The summed E-state index contributed by atoms with van der Waals surface area (Å²) in [5.41, 5.74) is -0.521. The van der Waals surface area contributed by atoms with Crippen molar-refractivity contribution in [2.75, 3.05) is 12.3 Å². The number of piperazine rings is 1. The SMILES string of the molecule is CN1C(=O)[C@](O)(Cc2cccc(O)c2)NC(=O)[C@@H]1Cc1c[nH]c2cccc(N([O-])O)c12. The molecule has 0 aliphatic carbocycles. The number of nitrogens with one attached hydrogen (secondary N) is 2. The van der Waals surface area contributed by atoms with Gasteiger partial charge in [-0.2, -0.15) is 0 Å². The Balaban J connectivity index is 1.61. The summed E-state index contributed by atoms with van der Waals surface area (Å²) in [5.74, 6) is -1.29. The van der Waals surface area contributed by atoms with Crippen molar-refractivity contribution < 1.29 is 25.0 Å². The van der Waals surface area contributed by atoms with Gasteiger partial charge in [0.2, 0.25) is 11.6 Å². The first-order valence-electron chi connectivity index (χ1n) is 9.54. The van der Waals surface area contributed by atoms with Crippen LogP contribution in [0.5, 0.6) is 5.75 Å². The summed E-state index contributed by atoms with van der Waals surface area (Å²) in [5, 5.41) is 44.0. The van der Waals surface area contributed by atoms with Gasteiger partial charge < -0.3 is 35.8 Å². The van der Waals surface area contributed by atoms with Gasteiger partial charge in [0.15, 0.2) is 0 Å². The Morgan fingerprint density at radius 2 is 1.97 bits per heavy atom. The predicted molar refractivity (Wildman–Crippen MR) is 111 cm³/mol. The van der Waals surface area contributed by atoms with Crippen molar-refractivity contribution in [3.05, 3.63) is 65.0 Å². The van der Waals surface area contributed by atoms with Crippen LogP contribution in [0.25, 0.3) is 10.9 Å². The zero-order valence-electron chi connectivity index (χ0n) is 16.6. The van der Waals surface area contributed by atoms with Crippen LogP contribution in [0.15, 0.2) is 48.7 Å². The third kappa shape index (κ3) is 3.67. The molecule has 1 aliphatic rings. The molecular weight excluding hydrogens is 404 g/mol. The van der Waals surface area contributed by atoms with Crippen LogP contribution in [0.4, 0.5) is 5.69 Å².